The number of carboxylic acid groups (broad SMARTS) is 1. The standard InChI is InChI=1S/C10H7BrClN3O2/c1-15-8(9(11)13-14-15)7-4-5(12)2-3-6(7)10(16)17/h2-4H,1H3,(H,16,17). The lowest BCUT2D eigenvalue weighted by molar-refractivity contribution is 0.0697. The maximum absolute atomic E-state index is 11.1. The molecule has 0 aliphatic heterocycles. The highest BCUT2D eigenvalue weighted by atomic mass is 79.9. The number of carbonyl (C=O) groups is 1. The first-order valence-electron chi connectivity index (χ1n) is 4.59. The molecule has 2 rings (SSSR count). The molecular weight excluding hydrogens is 309 g/mol. The SMILES string of the molecule is Cn1nnc(Br)c1-c1cc(Cl)ccc1C(=O)O. The van der Waals surface area contributed by atoms with E-state index in [2.05, 4.69) is 26.2 Å². The molecule has 0 saturated carbocycles. The summed E-state index contributed by atoms with van der Waals surface area (Å²) < 4.78 is 1.96. The fourth-order valence-corrected chi connectivity index (χ4v) is 2.23. The van der Waals surface area contributed by atoms with E-state index in [0.29, 0.717) is 20.9 Å². The fraction of sp³-hybridized carbons (Fsp3) is 0.100. The number of hydrogen-bond donors (Lipinski definition) is 1. The van der Waals surface area contributed by atoms with Crippen LogP contribution in [0.25, 0.3) is 11.3 Å². The van der Waals surface area contributed by atoms with Gasteiger partial charge in [-0.15, -0.1) is 5.10 Å². The van der Waals surface area contributed by atoms with Gasteiger partial charge in [-0.2, -0.15) is 0 Å². The van der Waals surface area contributed by atoms with Gasteiger partial charge in [-0.05, 0) is 34.1 Å². The van der Waals surface area contributed by atoms with Gasteiger partial charge in [0.1, 0.15) is 5.69 Å². The maximum atomic E-state index is 11.1. The third-order valence-electron chi connectivity index (χ3n) is 2.25. The Labute approximate surface area is 110 Å². The zero-order valence-electron chi connectivity index (χ0n) is 8.69. The van der Waals surface area contributed by atoms with Gasteiger partial charge >= 0.3 is 5.97 Å². The average molecular weight is 317 g/mol. The third kappa shape index (κ3) is 2.18. The summed E-state index contributed by atoms with van der Waals surface area (Å²) in [4.78, 5) is 11.1. The molecule has 2 aromatic rings. The molecule has 0 aliphatic carbocycles. The molecule has 0 spiro atoms. The highest BCUT2D eigenvalue weighted by Crippen LogP contribution is 2.30. The largest absolute Gasteiger partial charge is 0.478 e. The van der Waals surface area contributed by atoms with Gasteiger partial charge in [0.2, 0.25) is 0 Å². The van der Waals surface area contributed by atoms with Gasteiger partial charge in [0.15, 0.2) is 4.60 Å². The van der Waals surface area contributed by atoms with Crippen LogP contribution < -0.4 is 0 Å². The van der Waals surface area contributed by atoms with Crippen LogP contribution >= 0.6 is 27.5 Å². The van der Waals surface area contributed by atoms with Crippen LogP contribution in [0.1, 0.15) is 10.4 Å². The molecule has 17 heavy (non-hydrogen) atoms. The van der Waals surface area contributed by atoms with Gasteiger partial charge in [-0.25, -0.2) is 9.48 Å². The Kier molecular flexibility index (Phi) is 3.17. The van der Waals surface area contributed by atoms with Gasteiger partial charge in [0, 0.05) is 17.6 Å². The Morgan fingerprint density at radius 1 is 1.53 bits per heavy atom. The van der Waals surface area contributed by atoms with E-state index in [4.69, 9.17) is 16.7 Å². The first kappa shape index (κ1) is 12.1. The van der Waals surface area contributed by atoms with Crippen molar-refractivity contribution in [3.05, 3.63) is 33.4 Å². The van der Waals surface area contributed by atoms with Gasteiger partial charge in [0.05, 0.1) is 5.56 Å². The van der Waals surface area contributed by atoms with Crippen LogP contribution in [0.15, 0.2) is 22.8 Å². The minimum absolute atomic E-state index is 0.153. The lowest BCUT2D eigenvalue weighted by Crippen LogP contribution is -2.02. The molecule has 1 aromatic carbocycles. The Morgan fingerprint density at radius 3 is 2.76 bits per heavy atom. The maximum Gasteiger partial charge on any atom is 0.336 e. The molecular formula is C10H7BrClN3O2. The van der Waals surface area contributed by atoms with E-state index in [0.717, 1.165) is 0 Å². The lowest BCUT2D eigenvalue weighted by Gasteiger charge is -2.06. The van der Waals surface area contributed by atoms with E-state index in [1.54, 1.807) is 13.1 Å². The molecule has 5 nitrogen and oxygen atoms in total. The molecule has 0 unspecified atom stereocenters. The number of aromatic carboxylic acids is 1. The normalized spacial score (nSPS) is 10.5. The monoisotopic (exact) mass is 315 g/mol. The van der Waals surface area contributed by atoms with E-state index in [1.807, 2.05) is 0 Å². The number of rotatable bonds is 2. The topological polar surface area (TPSA) is 68.0 Å². The fourth-order valence-electron chi connectivity index (χ4n) is 1.52. The number of aromatic nitrogens is 3. The summed E-state index contributed by atoms with van der Waals surface area (Å²) in [6, 6.07) is 4.57. The van der Waals surface area contributed by atoms with E-state index in [-0.39, 0.29) is 5.56 Å². The van der Waals surface area contributed by atoms with Crippen LogP contribution in [0.2, 0.25) is 5.02 Å². The zero-order valence-corrected chi connectivity index (χ0v) is 11.0. The van der Waals surface area contributed by atoms with Crippen molar-refractivity contribution < 1.29 is 9.90 Å². The summed E-state index contributed by atoms with van der Waals surface area (Å²) in [7, 11) is 1.68. The first-order valence-corrected chi connectivity index (χ1v) is 5.76. The number of carboxylic acids is 1. The summed E-state index contributed by atoms with van der Waals surface area (Å²) in [5.41, 5.74) is 1.20. The smallest absolute Gasteiger partial charge is 0.336 e. The molecule has 0 saturated heterocycles. The third-order valence-corrected chi connectivity index (χ3v) is 3.02. The molecule has 0 bridgehead atoms. The van der Waals surface area contributed by atoms with Gasteiger partial charge in [-0.3, -0.25) is 0 Å². The predicted octanol–water partition coefficient (Wildman–Crippen LogP) is 2.60. The Balaban J connectivity index is 2.74. The second-order valence-corrected chi connectivity index (χ2v) is 4.54. The molecule has 0 radical (unpaired) electrons. The summed E-state index contributed by atoms with van der Waals surface area (Å²) >= 11 is 9.12. The number of aryl methyl sites for hydroxylation is 1. The summed E-state index contributed by atoms with van der Waals surface area (Å²) in [5.74, 6) is -1.02. The van der Waals surface area contributed by atoms with Gasteiger partial charge < -0.3 is 5.11 Å². The minimum atomic E-state index is -1.02. The molecule has 0 fully saturated rings. The second kappa shape index (κ2) is 4.46. The summed E-state index contributed by atoms with van der Waals surface area (Å²) in [5, 5.41) is 17.2. The van der Waals surface area contributed by atoms with Crippen molar-refractivity contribution >= 4 is 33.5 Å². The predicted molar refractivity (Wildman–Crippen MR) is 66.1 cm³/mol. The number of benzene rings is 1. The quantitative estimate of drug-likeness (QED) is 0.924. The Morgan fingerprint density at radius 2 is 2.24 bits per heavy atom. The van der Waals surface area contributed by atoms with Crippen LogP contribution in [0.4, 0.5) is 0 Å². The highest BCUT2D eigenvalue weighted by Gasteiger charge is 2.18. The number of nitrogens with zero attached hydrogens (tertiary/aromatic N) is 3. The summed E-state index contributed by atoms with van der Waals surface area (Å²) in [6.07, 6.45) is 0. The van der Waals surface area contributed by atoms with E-state index in [9.17, 15) is 4.79 Å². The zero-order chi connectivity index (χ0) is 12.6. The van der Waals surface area contributed by atoms with Crippen molar-refractivity contribution in [2.24, 2.45) is 7.05 Å². The molecule has 0 aliphatic rings. The van der Waals surface area contributed by atoms with E-state index in [1.165, 1.54) is 16.8 Å². The van der Waals surface area contributed by atoms with Crippen LogP contribution in [0.5, 0.6) is 0 Å². The van der Waals surface area contributed by atoms with Gasteiger partial charge in [0.25, 0.3) is 0 Å². The van der Waals surface area contributed by atoms with Crippen molar-refractivity contribution in [1.82, 2.24) is 15.0 Å². The molecule has 7 heteroatoms. The molecule has 1 N–H and O–H groups in total. The average Bonchev–Trinajstić information content (AvgIpc) is 2.58. The molecule has 1 heterocycles. The van der Waals surface area contributed by atoms with Crippen LogP contribution in [0, 0.1) is 0 Å². The second-order valence-electron chi connectivity index (χ2n) is 3.35. The molecule has 1 aromatic heterocycles. The minimum Gasteiger partial charge on any atom is -0.478 e. The summed E-state index contributed by atoms with van der Waals surface area (Å²) in [6.45, 7) is 0. The number of hydrogen-bond acceptors (Lipinski definition) is 3. The van der Waals surface area contributed by atoms with E-state index < -0.39 is 5.97 Å². The van der Waals surface area contributed by atoms with Crippen LogP contribution in [-0.2, 0) is 7.05 Å². The van der Waals surface area contributed by atoms with Crippen molar-refractivity contribution in [2.75, 3.05) is 0 Å². The van der Waals surface area contributed by atoms with Crippen LogP contribution in [-0.4, -0.2) is 26.1 Å². The lowest BCUT2D eigenvalue weighted by atomic mass is 10.1. The van der Waals surface area contributed by atoms with Crippen molar-refractivity contribution in [3.63, 3.8) is 0 Å². The molecule has 88 valence electrons. The van der Waals surface area contributed by atoms with Crippen molar-refractivity contribution in [3.8, 4) is 11.3 Å². The van der Waals surface area contributed by atoms with Crippen molar-refractivity contribution in [1.29, 1.82) is 0 Å². The molecule has 0 amide bonds. The number of halogens is 2. The van der Waals surface area contributed by atoms with Crippen LogP contribution in [0.3, 0.4) is 0 Å². The van der Waals surface area contributed by atoms with E-state index >= 15 is 0 Å². The van der Waals surface area contributed by atoms with Gasteiger partial charge in [-0.1, -0.05) is 16.8 Å². The Bertz CT molecular complexity index is 578. The highest BCUT2D eigenvalue weighted by molar-refractivity contribution is 9.10. The molecule has 0 atom stereocenters. The Hall–Kier alpha value is -1.40. The first-order chi connectivity index (χ1) is 8.00. The van der Waals surface area contributed by atoms with Crippen molar-refractivity contribution in [2.45, 2.75) is 0 Å².